The van der Waals surface area contributed by atoms with Gasteiger partial charge in [-0.3, -0.25) is 0 Å². The molecule has 7 heteroatoms. The van der Waals surface area contributed by atoms with E-state index >= 15 is 0 Å². The maximum absolute atomic E-state index is 13.1. The van der Waals surface area contributed by atoms with E-state index in [2.05, 4.69) is 4.74 Å². The van der Waals surface area contributed by atoms with E-state index in [9.17, 15) is 22.4 Å². The van der Waals surface area contributed by atoms with Crippen LogP contribution in [0.4, 0.5) is 17.6 Å². The first-order valence-corrected chi connectivity index (χ1v) is 4.24. The topological polar surface area (TPSA) is 46.5 Å². The molecule has 3 nitrogen and oxygen atoms in total. The molecule has 17 heavy (non-hydrogen) atoms. The van der Waals surface area contributed by atoms with Gasteiger partial charge in [-0.2, -0.15) is 0 Å². The zero-order chi connectivity index (χ0) is 13.1. The minimum absolute atomic E-state index is 0.111. The van der Waals surface area contributed by atoms with Crippen LogP contribution in [-0.4, -0.2) is 17.4 Å². The van der Waals surface area contributed by atoms with Crippen molar-refractivity contribution in [1.29, 1.82) is 0 Å². The molecule has 0 bridgehead atoms. The van der Waals surface area contributed by atoms with Crippen LogP contribution < -0.4 is 4.74 Å². The van der Waals surface area contributed by atoms with Gasteiger partial charge in [-0.25, -0.2) is 9.18 Å². The summed E-state index contributed by atoms with van der Waals surface area (Å²) in [6, 6.07) is 2.61. The molecule has 1 aromatic carbocycles. The molecular weight excluding hydrogens is 244 g/mol. The summed E-state index contributed by atoms with van der Waals surface area (Å²) in [6.45, 7) is 0. The molecule has 0 atom stereocenters. The van der Waals surface area contributed by atoms with Crippen LogP contribution in [0.25, 0.3) is 6.08 Å². The second-order valence-electron chi connectivity index (χ2n) is 2.91. The second kappa shape index (κ2) is 4.86. The van der Waals surface area contributed by atoms with E-state index in [-0.39, 0.29) is 5.56 Å². The van der Waals surface area contributed by atoms with Crippen LogP contribution in [0.5, 0.6) is 5.75 Å². The molecule has 0 aliphatic rings. The number of rotatable bonds is 3. The van der Waals surface area contributed by atoms with Gasteiger partial charge >= 0.3 is 12.3 Å². The summed E-state index contributed by atoms with van der Waals surface area (Å²) in [7, 11) is 0. The van der Waals surface area contributed by atoms with E-state index in [1.54, 1.807) is 0 Å². The summed E-state index contributed by atoms with van der Waals surface area (Å²) in [5, 5.41) is 8.30. The van der Waals surface area contributed by atoms with E-state index in [1.165, 1.54) is 0 Å². The molecule has 0 spiro atoms. The van der Waals surface area contributed by atoms with Crippen LogP contribution in [0.3, 0.4) is 0 Å². The van der Waals surface area contributed by atoms with Crippen LogP contribution in [-0.2, 0) is 4.79 Å². The van der Waals surface area contributed by atoms with Gasteiger partial charge in [-0.05, 0) is 23.8 Å². The molecule has 0 amide bonds. The molecule has 0 radical (unpaired) electrons. The predicted molar refractivity (Wildman–Crippen MR) is 49.8 cm³/mol. The summed E-state index contributed by atoms with van der Waals surface area (Å²) in [5.74, 6) is -3.44. The highest BCUT2D eigenvalue weighted by atomic mass is 19.4. The average molecular weight is 250 g/mol. The highest BCUT2D eigenvalue weighted by Crippen LogP contribution is 2.26. The molecule has 1 N–H and O–H groups in total. The lowest BCUT2D eigenvalue weighted by Gasteiger charge is -2.09. The Labute approximate surface area is 92.9 Å². The molecule has 0 fully saturated rings. The van der Waals surface area contributed by atoms with Gasteiger partial charge in [0.15, 0.2) is 11.6 Å². The molecule has 1 rings (SSSR count). The number of carboxylic acid groups (broad SMARTS) is 1. The summed E-state index contributed by atoms with van der Waals surface area (Å²) >= 11 is 0. The Kier molecular flexibility index (Phi) is 3.72. The van der Waals surface area contributed by atoms with E-state index in [0.29, 0.717) is 0 Å². The first kappa shape index (κ1) is 13.0. The lowest BCUT2D eigenvalue weighted by Crippen LogP contribution is -2.17. The van der Waals surface area contributed by atoms with Crippen LogP contribution in [0, 0.1) is 5.82 Å². The fourth-order valence-corrected chi connectivity index (χ4v) is 0.996. The predicted octanol–water partition coefficient (Wildman–Crippen LogP) is 2.82. The maximum atomic E-state index is 13.1. The van der Waals surface area contributed by atoms with Crippen molar-refractivity contribution in [1.82, 2.24) is 0 Å². The number of carbonyl (C=O) groups is 1. The lowest BCUT2D eigenvalue weighted by molar-refractivity contribution is -0.275. The SMILES string of the molecule is O=C(O)/C=C/c1ccc(OC(F)(F)F)c(F)c1. The Bertz CT molecular complexity index is 451. The summed E-state index contributed by atoms with van der Waals surface area (Å²) in [6.07, 6.45) is -3.19. The third kappa shape index (κ3) is 4.54. The number of aliphatic carboxylic acids is 1. The van der Waals surface area contributed by atoms with Crippen molar-refractivity contribution in [2.24, 2.45) is 0 Å². The maximum Gasteiger partial charge on any atom is 0.573 e. The molecule has 92 valence electrons. The first-order valence-electron chi connectivity index (χ1n) is 4.24. The van der Waals surface area contributed by atoms with Gasteiger partial charge < -0.3 is 9.84 Å². The van der Waals surface area contributed by atoms with Gasteiger partial charge in [0.2, 0.25) is 0 Å². The highest BCUT2D eigenvalue weighted by molar-refractivity contribution is 5.85. The standard InChI is InChI=1S/C10H6F4O3/c11-7-5-6(2-4-9(15)16)1-3-8(7)17-10(12,13)14/h1-5H,(H,15,16)/b4-2+. The summed E-state index contributed by atoms with van der Waals surface area (Å²) in [5.41, 5.74) is 0.111. The Morgan fingerprint density at radius 3 is 2.47 bits per heavy atom. The van der Waals surface area contributed by atoms with Gasteiger partial charge in [0.1, 0.15) is 0 Å². The largest absolute Gasteiger partial charge is 0.573 e. The summed E-state index contributed by atoms with van der Waals surface area (Å²) < 4.78 is 51.9. The second-order valence-corrected chi connectivity index (χ2v) is 2.91. The number of benzene rings is 1. The molecule has 0 saturated carbocycles. The van der Waals surface area contributed by atoms with Gasteiger partial charge in [-0.15, -0.1) is 13.2 Å². The number of hydrogen-bond donors (Lipinski definition) is 1. The van der Waals surface area contributed by atoms with Gasteiger partial charge in [0, 0.05) is 6.08 Å². The zero-order valence-electron chi connectivity index (χ0n) is 8.16. The number of alkyl halides is 3. The van der Waals surface area contributed by atoms with Crippen LogP contribution in [0.2, 0.25) is 0 Å². The van der Waals surface area contributed by atoms with E-state index in [0.717, 1.165) is 30.4 Å². The molecule has 0 heterocycles. The number of halogens is 4. The quantitative estimate of drug-likeness (QED) is 0.662. The van der Waals surface area contributed by atoms with Gasteiger partial charge in [0.05, 0.1) is 0 Å². The Hall–Kier alpha value is -2.05. The van der Waals surface area contributed by atoms with E-state index < -0.39 is 23.9 Å². The zero-order valence-corrected chi connectivity index (χ0v) is 8.16. The van der Waals surface area contributed by atoms with Crippen molar-refractivity contribution in [2.75, 3.05) is 0 Å². The molecule has 1 aromatic rings. The van der Waals surface area contributed by atoms with Crippen molar-refractivity contribution < 1.29 is 32.2 Å². The lowest BCUT2D eigenvalue weighted by atomic mass is 10.2. The molecule has 0 aliphatic carbocycles. The van der Waals surface area contributed by atoms with Crippen LogP contribution in [0.1, 0.15) is 5.56 Å². The minimum atomic E-state index is -4.97. The van der Waals surface area contributed by atoms with Crippen molar-refractivity contribution in [3.8, 4) is 5.75 Å². The third-order valence-corrected chi connectivity index (χ3v) is 1.60. The minimum Gasteiger partial charge on any atom is -0.478 e. The Morgan fingerprint density at radius 2 is 2.00 bits per heavy atom. The van der Waals surface area contributed by atoms with E-state index in [1.807, 2.05) is 0 Å². The van der Waals surface area contributed by atoms with Gasteiger partial charge in [-0.1, -0.05) is 6.07 Å². The monoisotopic (exact) mass is 250 g/mol. The van der Waals surface area contributed by atoms with Gasteiger partial charge in [0.25, 0.3) is 0 Å². The molecule has 0 aliphatic heterocycles. The molecule has 0 aromatic heterocycles. The number of hydrogen-bond acceptors (Lipinski definition) is 2. The van der Waals surface area contributed by atoms with Crippen molar-refractivity contribution in [3.05, 3.63) is 35.7 Å². The Balaban J connectivity index is 2.90. The normalized spacial score (nSPS) is 11.8. The molecular formula is C10H6F4O3. The fraction of sp³-hybridized carbons (Fsp3) is 0.100. The Morgan fingerprint density at radius 1 is 1.35 bits per heavy atom. The first-order chi connectivity index (χ1) is 7.78. The van der Waals surface area contributed by atoms with Crippen molar-refractivity contribution in [2.45, 2.75) is 6.36 Å². The third-order valence-electron chi connectivity index (χ3n) is 1.60. The fourth-order valence-electron chi connectivity index (χ4n) is 0.996. The van der Waals surface area contributed by atoms with E-state index in [4.69, 9.17) is 5.11 Å². The number of ether oxygens (including phenoxy) is 1. The number of carboxylic acids is 1. The van der Waals surface area contributed by atoms with Crippen LogP contribution in [0.15, 0.2) is 24.3 Å². The summed E-state index contributed by atoms with van der Waals surface area (Å²) in [4.78, 5) is 10.2. The van der Waals surface area contributed by atoms with Crippen molar-refractivity contribution in [3.63, 3.8) is 0 Å². The smallest absolute Gasteiger partial charge is 0.478 e. The molecule has 0 saturated heterocycles. The average Bonchev–Trinajstić information content (AvgIpc) is 2.17. The van der Waals surface area contributed by atoms with Crippen molar-refractivity contribution >= 4 is 12.0 Å². The van der Waals surface area contributed by atoms with Crippen LogP contribution >= 0.6 is 0 Å². The molecule has 0 unspecified atom stereocenters. The highest BCUT2D eigenvalue weighted by Gasteiger charge is 2.32.